The molecule has 0 bridgehead atoms. The predicted molar refractivity (Wildman–Crippen MR) is 83.5 cm³/mol. The molecule has 9 heteroatoms. The molecule has 0 fully saturated rings. The van der Waals surface area contributed by atoms with Crippen LogP contribution in [0, 0.1) is 5.82 Å². The quantitative estimate of drug-likeness (QED) is 0.528. The van der Waals surface area contributed by atoms with Gasteiger partial charge in [0.25, 0.3) is 0 Å². The van der Waals surface area contributed by atoms with Gasteiger partial charge in [-0.15, -0.1) is 0 Å². The van der Waals surface area contributed by atoms with Crippen LogP contribution in [-0.2, 0) is 17.3 Å². The van der Waals surface area contributed by atoms with Crippen molar-refractivity contribution >= 4 is 11.1 Å². The van der Waals surface area contributed by atoms with Gasteiger partial charge in [0.2, 0.25) is 0 Å². The van der Waals surface area contributed by atoms with Gasteiger partial charge in [-0.1, -0.05) is 24.3 Å². The number of benzene rings is 2. The number of rotatable bonds is 3. The molecule has 130 valence electrons. The number of H-pyrrole nitrogens is 1. The molecule has 3 aromatic rings. The Balaban J connectivity index is 2.18. The first-order valence-electron chi connectivity index (χ1n) is 6.90. The molecule has 0 radical (unpaired) electrons. The summed E-state index contributed by atoms with van der Waals surface area (Å²) < 4.78 is 73.0. The topological polar surface area (TPSA) is 66.0 Å². The maximum Gasteiger partial charge on any atom is 0.433 e. The third kappa shape index (κ3) is 3.47. The zero-order valence-corrected chi connectivity index (χ0v) is 13.2. The molecule has 0 saturated carbocycles. The summed E-state index contributed by atoms with van der Waals surface area (Å²) in [4.78, 5) is 0.110. The van der Waals surface area contributed by atoms with Gasteiger partial charge in [-0.2, -0.15) is 18.3 Å². The fourth-order valence-corrected chi connectivity index (χ4v) is 2.75. The molecule has 0 amide bonds. The number of nitrogens with zero attached hydrogens (tertiary/aromatic N) is 1. The molecule has 25 heavy (non-hydrogen) atoms. The van der Waals surface area contributed by atoms with E-state index in [1.807, 2.05) is 5.10 Å². The zero-order chi connectivity index (χ0) is 18.2. The molecular formula is C16H10F4N2O2S. The molecule has 2 N–H and O–H groups in total. The van der Waals surface area contributed by atoms with Gasteiger partial charge >= 0.3 is 6.18 Å². The normalized spacial score (nSPS) is 13.0. The average molecular weight is 370 g/mol. The number of alkyl halides is 3. The molecule has 1 atom stereocenters. The van der Waals surface area contributed by atoms with Gasteiger partial charge in [-0.25, -0.2) is 8.60 Å². The highest BCUT2D eigenvalue weighted by Crippen LogP contribution is 2.41. The van der Waals surface area contributed by atoms with Crippen molar-refractivity contribution in [3.63, 3.8) is 0 Å². The molecule has 3 rings (SSSR count). The van der Waals surface area contributed by atoms with Crippen molar-refractivity contribution in [3.05, 3.63) is 60.0 Å². The van der Waals surface area contributed by atoms with E-state index in [4.69, 9.17) is 4.55 Å². The van der Waals surface area contributed by atoms with Crippen molar-refractivity contribution < 1.29 is 26.3 Å². The Morgan fingerprint density at radius 3 is 2.04 bits per heavy atom. The number of aromatic nitrogens is 2. The second-order valence-electron chi connectivity index (χ2n) is 5.10. The molecule has 4 nitrogen and oxygen atoms in total. The second kappa shape index (κ2) is 6.41. The van der Waals surface area contributed by atoms with Crippen LogP contribution in [0.15, 0.2) is 53.4 Å². The average Bonchev–Trinajstić information content (AvgIpc) is 3.01. The summed E-state index contributed by atoms with van der Waals surface area (Å²) in [6, 6.07) is 10.0. The number of hydrogen-bond donors (Lipinski definition) is 2. The van der Waals surface area contributed by atoms with Gasteiger partial charge in [0, 0.05) is 11.1 Å². The lowest BCUT2D eigenvalue weighted by molar-refractivity contribution is -0.140. The fraction of sp³-hybridized carbons (Fsp3) is 0.0625. The lowest BCUT2D eigenvalue weighted by Crippen LogP contribution is -2.07. The summed E-state index contributed by atoms with van der Waals surface area (Å²) in [7, 11) is 0. The Labute approximate surface area is 141 Å². The smallest absolute Gasteiger partial charge is 0.302 e. The summed E-state index contributed by atoms with van der Waals surface area (Å²) >= 11 is -2.20. The standard InChI is InChI=1S/C16H10F4N2O2S/c17-11-5-1-9(2-6-11)13-14(21-22-15(13)16(18,19)20)10-3-7-12(8-4-10)25(23)24/h1-8H,(H,21,22)(H,23,24). The van der Waals surface area contributed by atoms with E-state index in [2.05, 4.69) is 5.10 Å². The van der Waals surface area contributed by atoms with E-state index < -0.39 is 28.8 Å². The van der Waals surface area contributed by atoms with Crippen LogP contribution in [0.3, 0.4) is 0 Å². The number of aromatic amines is 1. The molecular weight excluding hydrogens is 360 g/mol. The maximum atomic E-state index is 13.3. The lowest BCUT2D eigenvalue weighted by Gasteiger charge is -2.09. The molecule has 1 heterocycles. The third-order valence-corrected chi connectivity index (χ3v) is 4.19. The van der Waals surface area contributed by atoms with Crippen molar-refractivity contribution in [2.75, 3.05) is 0 Å². The van der Waals surface area contributed by atoms with Gasteiger partial charge in [0.15, 0.2) is 11.1 Å². The first-order chi connectivity index (χ1) is 11.8. The Morgan fingerprint density at radius 1 is 0.960 bits per heavy atom. The predicted octanol–water partition coefficient (Wildman–Crippen LogP) is 4.48. The minimum atomic E-state index is -4.68. The molecule has 1 unspecified atom stereocenters. The van der Waals surface area contributed by atoms with Crippen molar-refractivity contribution in [2.24, 2.45) is 0 Å². The summed E-state index contributed by atoms with van der Waals surface area (Å²) in [6.45, 7) is 0. The molecule has 0 aliphatic rings. The van der Waals surface area contributed by atoms with Crippen LogP contribution in [0.25, 0.3) is 22.4 Å². The Morgan fingerprint density at radius 2 is 1.52 bits per heavy atom. The van der Waals surface area contributed by atoms with Crippen LogP contribution in [-0.4, -0.2) is 19.0 Å². The SMILES string of the molecule is O=S(O)c1ccc(-c2n[nH]c(C(F)(F)F)c2-c2ccc(F)cc2)cc1. The molecule has 0 spiro atoms. The molecule has 0 saturated heterocycles. The Kier molecular flexibility index (Phi) is 4.44. The van der Waals surface area contributed by atoms with Crippen molar-refractivity contribution in [2.45, 2.75) is 11.1 Å². The van der Waals surface area contributed by atoms with E-state index in [9.17, 15) is 21.8 Å². The Hall–Kier alpha value is -2.52. The van der Waals surface area contributed by atoms with Gasteiger partial charge in [-0.3, -0.25) is 5.10 Å². The van der Waals surface area contributed by atoms with Crippen molar-refractivity contribution in [3.8, 4) is 22.4 Å². The van der Waals surface area contributed by atoms with E-state index in [0.29, 0.717) is 5.56 Å². The first kappa shape index (κ1) is 17.3. The number of halogens is 4. The van der Waals surface area contributed by atoms with E-state index in [1.165, 1.54) is 36.4 Å². The minimum absolute atomic E-state index is 0.00852. The van der Waals surface area contributed by atoms with Gasteiger partial charge in [-0.05, 0) is 29.8 Å². The fourth-order valence-electron chi connectivity index (χ4n) is 2.38. The summed E-state index contributed by atoms with van der Waals surface area (Å²) in [5, 5.41) is 5.73. The lowest BCUT2D eigenvalue weighted by atomic mass is 9.98. The summed E-state index contributed by atoms with van der Waals surface area (Å²) in [6.07, 6.45) is -4.68. The highest BCUT2D eigenvalue weighted by molar-refractivity contribution is 7.79. The first-order valence-corrected chi connectivity index (χ1v) is 8.01. The van der Waals surface area contributed by atoms with E-state index >= 15 is 0 Å². The van der Waals surface area contributed by atoms with E-state index in [1.54, 1.807) is 0 Å². The van der Waals surface area contributed by atoms with Crippen molar-refractivity contribution in [1.82, 2.24) is 10.2 Å². The monoisotopic (exact) mass is 370 g/mol. The van der Waals surface area contributed by atoms with Crippen molar-refractivity contribution in [1.29, 1.82) is 0 Å². The summed E-state index contributed by atoms with van der Waals surface area (Å²) in [5.74, 6) is -0.572. The molecule has 0 aliphatic carbocycles. The summed E-state index contributed by atoms with van der Waals surface area (Å²) in [5.41, 5.74) is -0.795. The Bertz CT molecular complexity index is 919. The van der Waals surface area contributed by atoms with Gasteiger partial charge in [0.1, 0.15) is 17.2 Å². The highest BCUT2D eigenvalue weighted by atomic mass is 32.2. The van der Waals surface area contributed by atoms with Crippen LogP contribution < -0.4 is 0 Å². The molecule has 2 aromatic carbocycles. The highest BCUT2D eigenvalue weighted by Gasteiger charge is 2.38. The van der Waals surface area contributed by atoms with Crippen LogP contribution in [0.5, 0.6) is 0 Å². The third-order valence-electron chi connectivity index (χ3n) is 3.51. The van der Waals surface area contributed by atoms with Gasteiger partial charge in [0.05, 0.1) is 4.90 Å². The molecule has 0 aliphatic heterocycles. The van der Waals surface area contributed by atoms with E-state index in [-0.39, 0.29) is 21.7 Å². The largest absolute Gasteiger partial charge is 0.433 e. The number of hydrogen-bond acceptors (Lipinski definition) is 2. The van der Waals surface area contributed by atoms with Crippen LogP contribution in [0.4, 0.5) is 17.6 Å². The zero-order valence-electron chi connectivity index (χ0n) is 12.3. The van der Waals surface area contributed by atoms with Crippen LogP contribution in [0.2, 0.25) is 0 Å². The van der Waals surface area contributed by atoms with Gasteiger partial charge < -0.3 is 4.55 Å². The molecule has 1 aromatic heterocycles. The second-order valence-corrected chi connectivity index (χ2v) is 6.07. The maximum absolute atomic E-state index is 13.3. The minimum Gasteiger partial charge on any atom is -0.302 e. The number of nitrogens with one attached hydrogen (secondary N) is 1. The van der Waals surface area contributed by atoms with Crippen LogP contribution in [0.1, 0.15) is 5.69 Å². The van der Waals surface area contributed by atoms with E-state index in [0.717, 1.165) is 12.1 Å². The van der Waals surface area contributed by atoms with Crippen LogP contribution >= 0.6 is 0 Å².